The van der Waals surface area contributed by atoms with Crippen molar-refractivity contribution < 1.29 is 23.2 Å². The van der Waals surface area contributed by atoms with E-state index in [4.69, 9.17) is 10.9 Å². The number of hydrogen-bond acceptors (Lipinski definition) is 3. The highest BCUT2D eigenvalue weighted by atomic mass is 19.2. The van der Waals surface area contributed by atoms with Gasteiger partial charge < -0.3 is 15.8 Å². The first kappa shape index (κ1) is 14.8. The predicted molar refractivity (Wildman–Crippen MR) is 61.3 cm³/mol. The fourth-order valence-corrected chi connectivity index (χ4v) is 1.34. The van der Waals surface area contributed by atoms with Gasteiger partial charge in [0.05, 0.1) is 6.04 Å². The van der Waals surface area contributed by atoms with E-state index in [1.165, 1.54) is 14.0 Å². The van der Waals surface area contributed by atoms with E-state index in [0.29, 0.717) is 12.1 Å². The molecular formula is C11H12F3N3O2. The predicted octanol–water partition coefficient (Wildman–Crippen LogP) is 1.31. The normalized spacial score (nSPS) is 13.2. The highest BCUT2D eigenvalue weighted by Gasteiger charge is 2.23. The first-order valence-electron chi connectivity index (χ1n) is 5.18. The molecule has 1 amide bonds. The molecule has 3 N–H and O–H groups in total. The Morgan fingerprint density at radius 1 is 1.37 bits per heavy atom. The summed E-state index contributed by atoms with van der Waals surface area (Å²) in [5.41, 5.74) is 4.94. The van der Waals surface area contributed by atoms with Crippen molar-refractivity contribution in [1.29, 1.82) is 0 Å². The van der Waals surface area contributed by atoms with E-state index in [0.717, 1.165) is 4.90 Å². The summed E-state index contributed by atoms with van der Waals surface area (Å²) in [6, 6.07) is 0.362. The minimum absolute atomic E-state index is 0.251. The quantitative estimate of drug-likeness (QED) is 0.287. The minimum atomic E-state index is -1.65. The van der Waals surface area contributed by atoms with Gasteiger partial charge in [0.15, 0.2) is 23.3 Å². The zero-order valence-corrected chi connectivity index (χ0v) is 10.2. The van der Waals surface area contributed by atoms with Crippen LogP contribution in [0.4, 0.5) is 13.2 Å². The van der Waals surface area contributed by atoms with E-state index >= 15 is 0 Å². The molecule has 0 aromatic heterocycles. The molecule has 0 aliphatic rings. The van der Waals surface area contributed by atoms with Crippen molar-refractivity contribution in [2.24, 2.45) is 10.9 Å². The molecule has 0 bridgehead atoms. The van der Waals surface area contributed by atoms with Crippen LogP contribution in [0.2, 0.25) is 0 Å². The summed E-state index contributed by atoms with van der Waals surface area (Å²) in [6.45, 7) is 1.45. The molecule has 0 saturated heterocycles. The molecule has 0 radical (unpaired) electrons. The Morgan fingerprint density at radius 3 is 2.26 bits per heavy atom. The summed E-state index contributed by atoms with van der Waals surface area (Å²) in [4.78, 5) is 12.9. The molecule has 1 aromatic carbocycles. The number of oxime groups is 1. The minimum Gasteiger partial charge on any atom is -0.409 e. The molecule has 104 valence electrons. The third-order valence-electron chi connectivity index (χ3n) is 2.68. The van der Waals surface area contributed by atoms with E-state index < -0.39 is 29.4 Å². The van der Waals surface area contributed by atoms with Crippen LogP contribution in [-0.4, -0.2) is 34.9 Å². The number of carbonyl (C=O) groups is 1. The summed E-state index contributed by atoms with van der Waals surface area (Å²) in [6.07, 6.45) is 0. The van der Waals surface area contributed by atoms with Gasteiger partial charge in [0.2, 0.25) is 0 Å². The summed E-state index contributed by atoms with van der Waals surface area (Å²) in [7, 11) is 1.30. The smallest absolute Gasteiger partial charge is 0.254 e. The number of benzene rings is 1. The van der Waals surface area contributed by atoms with Crippen molar-refractivity contribution in [2.75, 3.05) is 7.05 Å². The van der Waals surface area contributed by atoms with Crippen LogP contribution in [-0.2, 0) is 0 Å². The van der Waals surface area contributed by atoms with Gasteiger partial charge in [-0.2, -0.15) is 0 Å². The highest BCUT2D eigenvalue weighted by Crippen LogP contribution is 2.15. The van der Waals surface area contributed by atoms with Crippen molar-refractivity contribution >= 4 is 11.7 Å². The number of hydrogen-bond donors (Lipinski definition) is 2. The maximum absolute atomic E-state index is 13.0. The van der Waals surface area contributed by atoms with Crippen LogP contribution in [0.1, 0.15) is 17.3 Å². The summed E-state index contributed by atoms with van der Waals surface area (Å²) in [5, 5.41) is 11.2. The number of nitrogens with zero attached hydrogens (tertiary/aromatic N) is 2. The Kier molecular flexibility index (Phi) is 4.36. The Balaban J connectivity index is 3.07. The largest absolute Gasteiger partial charge is 0.409 e. The van der Waals surface area contributed by atoms with E-state index in [1.54, 1.807) is 0 Å². The van der Waals surface area contributed by atoms with Crippen LogP contribution in [0.3, 0.4) is 0 Å². The Hall–Kier alpha value is -2.25. The average molecular weight is 275 g/mol. The number of carbonyl (C=O) groups excluding carboxylic acids is 1. The molecule has 5 nitrogen and oxygen atoms in total. The van der Waals surface area contributed by atoms with Crippen molar-refractivity contribution in [3.8, 4) is 0 Å². The average Bonchev–Trinajstić information content (AvgIpc) is 2.40. The van der Waals surface area contributed by atoms with Crippen molar-refractivity contribution in [3.05, 3.63) is 35.1 Å². The van der Waals surface area contributed by atoms with Gasteiger partial charge in [0.1, 0.15) is 0 Å². The van der Waals surface area contributed by atoms with Crippen LogP contribution in [0.25, 0.3) is 0 Å². The van der Waals surface area contributed by atoms with Gasteiger partial charge in [-0.1, -0.05) is 5.16 Å². The first-order valence-corrected chi connectivity index (χ1v) is 5.18. The zero-order chi connectivity index (χ0) is 14.7. The summed E-state index contributed by atoms with van der Waals surface area (Å²) < 4.78 is 38.8. The molecule has 0 fully saturated rings. The lowest BCUT2D eigenvalue weighted by molar-refractivity contribution is 0.0775. The standard InChI is InChI=1S/C11H12F3N3O2/c1-5(10(15)16-19)17(2)11(18)6-3-7(12)9(14)8(13)4-6/h3-5,19H,1-2H3,(H2,15,16). The zero-order valence-electron chi connectivity index (χ0n) is 10.2. The van der Waals surface area contributed by atoms with Gasteiger partial charge in [-0.15, -0.1) is 0 Å². The number of likely N-dealkylation sites (N-methyl/N-ethyl adjacent to an activating group) is 1. The third kappa shape index (κ3) is 2.95. The Bertz CT molecular complexity index is 511. The van der Waals surface area contributed by atoms with E-state index in [9.17, 15) is 18.0 Å². The molecule has 1 atom stereocenters. The van der Waals surface area contributed by atoms with Crippen LogP contribution >= 0.6 is 0 Å². The van der Waals surface area contributed by atoms with Gasteiger partial charge in [0.25, 0.3) is 5.91 Å². The molecule has 0 saturated carbocycles. The number of amidine groups is 1. The third-order valence-corrected chi connectivity index (χ3v) is 2.68. The number of halogens is 3. The Morgan fingerprint density at radius 2 is 1.84 bits per heavy atom. The number of amides is 1. The van der Waals surface area contributed by atoms with Crippen molar-refractivity contribution in [1.82, 2.24) is 4.90 Å². The van der Waals surface area contributed by atoms with Gasteiger partial charge in [0, 0.05) is 12.6 Å². The highest BCUT2D eigenvalue weighted by molar-refractivity contribution is 5.97. The number of nitrogens with two attached hydrogens (primary N) is 1. The fourth-order valence-electron chi connectivity index (χ4n) is 1.34. The second-order valence-electron chi connectivity index (χ2n) is 3.87. The monoisotopic (exact) mass is 275 g/mol. The molecule has 0 aliphatic heterocycles. The van der Waals surface area contributed by atoms with E-state index in [-0.39, 0.29) is 11.4 Å². The SMILES string of the molecule is CC(C(N)=NO)N(C)C(=O)c1cc(F)c(F)c(F)c1. The lowest BCUT2D eigenvalue weighted by atomic mass is 10.1. The molecule has 1 unspecified atom stereocenters. The number of rotatable bonds is 3. The molecule has 0 spiro atoms. The van der Waals surface area contributed by atoms with E-state index in [2.05, 4.69) is 5.16 Å². The molecule has 0 heterocycles. The van der Waals surface area contributed by atoms with Crippen molar-refractivity contribution in [2.45, 2.75) is 13.0 Å². The van der Waals surface area contributed by atoms with Gasteiger partial charge >= 0.3 is 0 Å². The maximum Gasteiger partial charge on any atom is 0.254 e. The molecule has 1 rings (SSSR count). The summed E-state index contributed by atoms with van der Waals surface area (Å²) in [5.74, 6) is -5.62. The van der Waals surface area contributed by atoms with Gasteiger partial charge in [-0.3, -0.25) is 4.79 Å². The maximum atomic E-state index is 13.0. The second kappa shape index (κ2) is 5.59. The van der Waals surface area contributed by atoms with Crippen LogP contribution in [0.5, 0.6) is 0 Å². The van der Waals surface area contributed by atoms with Crippen molar-refractivity contribution in [3.63, 3.8) is 0 Å². The molecule has 19 heavy (non-hydrogen) atoms. The lowest BCUT2D eigenvalue weighted by Gasteiger charge is -2.23. The molecule has 0 aliphatic carbocycles. The fraction of sp³-hybridized carbons (Fsp3) is 0.273. The van der Waals surface area contributed by atoms with Crippen LogP contribution < -0.4 is 5.73 Å². The second-order valence-corrected chi connectivity index (χ2v) is 3.87. The molecule has 1 aromatic rings. The molecular weight excluding hydrogens is 263 g/mol. The lowest BCUT2D eigenvalue weighted by Crippen LogP contribution is -2.43. The first-order chi connectivity index (χ1) is 8.79. The topological polar surface area (TPSA) is 78.9 Å². The Labute approximate surface area is 107 Å². The van der Waals surface area contributed by atoms with Crippen LogP contribution in [0.15, 0.2) is 17.3 Å². The van der Waals surface area contributed by atoms with Gasteiger partial charge in [-0.05, 0) is 19.1 Å². The summed E-state index contributed by atoms with van der Waals surface area (Å²) >= 11 is 0. The van der Waals surface area contributed by atoms with E-state index in [1.807, 2.05) is 0 Å². The van der Waals surface area contributed by atoms with Gasteiger partial charge in [-0.25, -0.2) is 13.2 Å². The van der Waals surface area contributed by atoms with Crippen LogP contribution in [0, 0.1) is 17.5 Å². The molecule has 8 heteroatoms.